The van der Waals surface area contributed by atoms with Crippen molar-refractivity contribution >= 4 is 22.2 Å². The predicted molar refractivity (Wildman–Crippen MR) is 33.2 cm³/mol. The number of carbonyl (C=O) groups excluding carboxylic acids is 2. The van der Waals surface area contributed by atoms with Gasteiger partial charge >= 0.3 is 10.4 Å². The second kappa shape index (κ2) is 2.81. The fourth-order valence-electron chi connectivity index (χ4n) is 0.708. The molecule has 1 heterocycles. The van der Waals surface area contributed by atoms with Crippen molar-refractivity contribution in [2.75, 3.05) is 0 Å². The molecule has 1 N–H and O–H groups in total. The first-order valence-corrected chi connectivity index (χ1v) is 4.19. The molecule has 1 radical (unpaired) electrons. The maximum absolute atomic E-state index is 10.6. The summed E-state index contributed by atoms with van der Waals surface area (Å²) in [5.74, 6) is -1.74. The van der Waals surface area contributed by atoms with Crippen molar-refractivity contribution in [3.63, 3.8) is 0 Å². The van der Waals surface area contributed by atoms with Gasteiger partial charge in [0.15, 0.2) is 6.10 Å². The molecule has 0 bridgehead atoms. The van der Waals surface area contributed by atoms with Crippen LogP contribution in [0.3, 0.4) is 0 Å². The Balaban J connectivity index is 2.67. The molecule has 1 aliphatic heterocycles. The zero-order chi connectivity index (χ0) is 9.35. The molecule has 12 heavy (non-hydrogen) atoms. The van der Waals surface area contributed by atoms with Gasteiger partial charge in [-0.25, -0.2) is 4.18 Å². The SMILES string of the molecule is O=C1CC(OS(=O)(=O)O)C(=O)[N]1. The van der Waals surface area contributed by atoms with Gasteiger partial charge in [-0.15, -0.1) is 0 Å². The van der Waals surface area contributed by atoms with Crippen LogP contribution in [0.15, 0.2) is 0 Å². The molecule has 2 amide bonds. The third-order valence-electron chi connectivity index (χ3n) is 1.11. The normalized spacial score (nSPS) is 24.2. The van der Waals surface area contributed by atoms with E-state index >= 15 is 0 Å². The topological polar surface area (TPSA) is 112 Å². The molecular formula is C4H4NO6S. The molecule has 0 aliphatic carbocycles. The average Bonchev–Trinajstić information content (AvgIpc) is 2.06. The fraction of sp³-hybridized carbons (Fsp3) is 0.500. The van der Waals surface area contributed by atoms with Crippen LogP contribution in [0.5, 0.6) is 0 Å². The van der Waals surface area contributed by atoms with Crippen molar-refractivity contribution in [1.29, 1.82) is 0 Å². The van der Waals surface area contributed by atoms with E-state index in [2.05, 4.69) is 9.50 Å². The summed E-state index contributed by atoms with van der Waals surface area (Å²) in [5.41, 5.74) is 0. The Morgan fingerprint density at radius 3 is 2.42 bits per heavy atom. The first-order chi connectivity index (χ1) is 5.38. The highest BCUT2D eigenvalue weighted by Gasteiger charge is 2.36. The third-order valence-corrected chi connectivity index (χ3v) is 1.58. The molecule has 7 nitrogen and oxygen atoms in total. The fourth-order valence-corrected chi connectivity index (χ4v) is 1.15. The average molecular weight is 194 g/mol. The number of carbonyl (C=O) groups is 2. The maximum Gasteiger partial charge on any atom is 0.398 e. The van der Waals surface area contributed by atoms with E-state index in [9.17, 15) is 18.0 Å². The monoisotopic (exact) mass is 194 g/mol. The van der Waals surface area contributed by atoms with Crippen LogP contribution < -0.4 is 5.32 Å². The largest absolute Gasteiger partial charge is 0.398 e. The van der Waals surface area contributed by atoms with Crippen molar-refractivity contribution in [2.24, 2.45) is 0 Å². The summed E-state index contributed by atoms with van der Waals surface area (Å²) >= 11 is 0. The smallest absolute Gasteiger partial charge is 0.272 e. The molecule has 0 spiro atoms. The van der Waals surface area contributed by atoms with Gasteiger partial charge in [0.25, 0.3) is 11.8 Å². The molecule has 1 saturated heterocycles. The van der Waals surface area contributed by atoms with E-state index < -0.39 is 34.7 Å². The molecule has 0 saturated carbocycles. The summed E-state index contributed by atoms with van der Waals surface area (Å²) < 4.78 is 32.1. The van der Waals surface area contributed by atoms with E-state index in [0.717, 1.165) is 0 Å². The maximum atomic E-state index is 10.6. The van der Waals surface area contributed by atoms with Crippen LogP contribution in [0.25, 0.3) is 0 Å². The number of hydrogen-bond acceptors (Lipinski definition) is 5. The van der Waals surface area contributed by atoms with E-state index in [1.165, 1.54) is 0 Å². The van der Waals surface area contributed by atoms with Gasteiger partial charge < -0.3 is 0 Å². The van der Waals surface area contributed by atoms with E-state index in [4.69, 9.17) is 4.55 Å². The van der Waals surface area contributed by atoms with Crippen molar-refractivity contribution in [3.05, 3.63) is 0 Å². The van der Waals surface area contributed by atoms with Gasteiger partial charge in [0.2, 0.25) is 0 Å². The minimum Gasteiger partial charge on any atom is -0.272 e. The Kier molecular flexibility index (Phi) is 2.13. The minimum atomic E-state index is -4.70. The molecular weight excluding hydrogens is 190 g/mol. The van der Waals surface area contributed by atoms with Crippen LogP contribution in [0.2, 0.25) is 0 Å². The molecule has 1 rings (SSSR count). The summed E-state index contributed by atoms with van der Waals surface area (Å²) in [6.07, 6.45) is -1.94. The van der Waals surface area contributed by atoms with E-state index in [0.29, 0.717) is 0 Å². The first kappa shape index (κ1) is 9.10. The van der Waals surface area contributed by atoms with Gasteiger partial charge in [0, 0.05) is 0 Å². The molecule has 0 aromatic rings. The van der Waals surface area contributed by atoms with Crippen molar-refractivity contribution in [1.82, 2.24) is 5.32 Å². The van der Waals surface area contributed by atoms with Gasteiger partial charge in [-0.1, -0.05) is 0 Å². The molecule has 1 aliphatic rings. The minimum absolute atomic E-state index is 0.446. The van der Waals surface area contributed by atoms with Gasteiger partial charge in [0.05, 0.1) is 6.42 Å². The predicted octanol–water partition coefficient (Wildman–Crippen LogP) is -1.76. The van der Waals surface area contributed by atoms with Crippen LogP contribution in [0, 0.1) is 0 Å². The number of rotatable bonds is 2. The number of nitrogens with zero attached hydrogens (tertiary/aromatic N) is 1. The summed E-state index contributed by atoms with van der Waals surface area (Å²) in [7, 11) is -4.70. The summed E-state index contributed by atoms with van der Waals surface area (Å²) in [6.45, 7) is 0. The Labute approximate surface area is 67.7 Å². The molecule has 67 valence electrons. The Morgan fingerprint density at radius 2 is 2.08 bits per heavy atom. The van der Waals surface area contributed by atoms with E-state index in [1.54, 1.807) is 0 Å². The van der Waals surface area contributed by atoms with Crippen LogP contribution >= 0.6 is 0 Å². The van der Waals surface area contributed by atoms with Crippen LogP contribution in [-0.2, 0) is 24.2 Å². The molecule has 1 unspecified atom stereocenters. The van der Waals surface area contributed by atoms with Crippen LogP contribution in [0.4, 0.5) is 0 Å². The Morgan fingerprint density at radius 1 is 1.50 bits per heavy atom. The van der Waals surface area contributed by atoms with Crippen molar-refractivity contribution in [3.8, 4) is 0 Å². The Bertz CT molecular complexity index is 318. The number of hydrogen-bond donors (Lipinski definition) is 1. The van der Waals surface area contributed by atoms with E-state index in [-0.39, 0.29) is 0 Å². The van der Waals surface area contributed by atoms with E-state index in [1.807, 2.05) is 0 Å². The first-order valence-electron chi connectivity index (χ1n) is 2.82. The van der Waals surface area contributed by atoms with Gasteiger partial charge in [-0.3, -0.25) is 14.1 Å². The second-order valence-corrected chi connectivity index (χ2v) is 3.11. The van der Waals surface area contributed by atoms with Crippen LogP contribution in [0.1, 0.15) is 6.42 Å². The summed E-state index contributed by atoms with van der Waals surface area (Å²) in [5, 5.41) is 2.88. The number of amides is 2. The zero-order valence-electron chi connectivity index (χ0n) is 5.63. The zero-order valence-corrected chi connectivity index (χ0v) is 6.44. The highest BCUT2D eigenvalue weighted by Crippen LogP contribution is 2.09. The highest BCUT2D eigenvalue weighted by molar-refractivity contribution is 7.80. The molecule has 0 aromatic carbocycles. The van der Waals surface area contributed by atoms with Crippen molar-refractivity contribution < 1.29 is 26.7 Å². The molecule has 8 heteroatoms. The van der Waals surface area contributed by atoms with Crippen molar-refractivity contribution in [2.45, 2.75) is 12.5 Å². The lowest BCUT2D eigenvalue weighted by Gasteiger charge is -2.01. The van der Waals surface area contributed by atoms with Gasteiger partial charge in [0.1, 0.15) is 0 Å². The van der Waals surface area contributed by atoms with Crippen LogP contribution in [-0.4, -0.2) is 30.9 Å². The number of imide groups is 1. The highest BCUT2D eigenvalue weighted by atomic mass is 32.3. The lowest BCUT2D eigenvalue weighted by Crippen LogP contribution is -2.24. The molecule has 0 aromatic heterocycles. The quantitative estimate of drug-likeness (QED) is 0.411. The summed E-state index contributed by atoms with van der Waals surface area (Å²) in [4.78, 5) is 21.0. The van der Waals surface area contributed by atoms with Gasteiger partial charge in [-0.05, 0) is 0 Å². The lowest BCUT2D eigenvalue weighted by atomic mass is 10.3. The lowest BCUT2D eigenvalue weighted by molar-refractivity contribution is -0.127. The Hall–Kier alpha value is -0.990. The molecule has 1 fully saturated rings. The van der Waals surface area contributed by atoms with Gasteiger partial charge in [-0.2, -0.15) is 13.7 Å². The standard InChI is InChI=1S/C4H4NO6S/c6-3-1-2(4(7)5-3)11-12(8,9)10/h2H,1H2,(H,8,9,10). The third kappa shape index (κ3) is 2.26. The molecule has 1 atom stereocenters. The second-order valence-electron chi connectivity index (χ2n) is 2.06. The summed E-state index contributed by atoms with van der Waals surface area (Å²) in [6, 6.07) is 0.